The molecule has 1 fully saturated rings. The highest BCUT2D eigenvalue weighted by Crippen LogP contribution is 2.36. The molecule has 0 heterocycles. The lowest BCUT2D eigenvalue weighted by molar-refractivity contribution is 0.431. The van der Waals surface area contributed by atoms with Crippen LogP contribution in [-0.2, 0) is 0 Å². The van der Waals surface area contributed by atoms with E-state index < -0.39 is 0 Å². The van der Waals surface area contributed by atoms with Crippen LogP contribution in [0.4, 0.5) is 0 Å². The van der Waals surface area contributed by atoms with E-state index >= 15 is 0 Å². The van der Waals surface area contributed by atoms with E-state index in [9.17, 15) is 0 Å². The van der Waals surface area contributed by atoms with Crippen molar-refractivity contribution in [2.75, 3.05) is 6.54 Å². The Morgan fingerprint density at radius 3 is 2.33 bits per heavy atom. The molecule has 3 unspecified atom stereocenters. The molecule has 0 aromatic heterocycles. The van der Waals surface area contributed by atoms with Crippen molar-refractivity contribution in [3.8, 4) is 0 Å². The summed E-state index contributed by atoms with van der Waals surface area (Å²) in [5.74, 6) is 2.80. The van der Waals surface area contributed by atoms with Crippen molar-refractivity contribution in [1.82, 2.24) is 5.32 Å². The van der Waals surface area contributed by atoms with Crippen molar-refractivity contribution in [2.45, 2.75) is 46.6 Å². The summed E-state index contributed by atoms with van der Waals surface area (Å²) in [5.41, 5.74) is 0. The van der Waals surface area contributed by atoms with Gasteiger partial charge in [0.2, 0.25) is 0 Å². The minimum atomic E-state index is 0.706. The zero-order valence-electron chi connectivity index (χ0n) is 8.93. The molecule has 0 bridgehead atoms. The SMILES string of the molecule is CC(C)CC(C)NCC1CC1C. The first-order valence-corrected chi connectivity index (χ1v) is 5.33. The molecule has 12 heavy (non-hydrogen) atoms. The van der Waals surface area contributed by atoms with Gasteiger partial charge in [0, 0.05) is 6.04 Å². The second-order valence-corrected chi connectivity index (χ2v) is 4.91. The monoisotopic (exact) mass is 169 g/mol. The van der Waals surface area contributed by atoms with Crippen LogP contribution in [0.15, 0.2) is 0 Å². The van der Waals surface area contributed by atoms with E-state index in [4.69, 9.17) is 0 Å². The van der Waals surface area contributed by atoms with E-state index in [1.165, 1.54) is 19.4 Å². The lowest BCUT2D eigenvalue weighted by atomic mass is 10.1. The average Bonchev–Trinajstić information content (AvgIpc) is 2.61. The highest BCUT2D eigenvalue weighted by atomic mass is 14.9. The smallest absolute Gasteiger partial charge is 0.00412 e. The number of nitrogens with one attached hydrogen (secondary N) is 1. The molecule has 1 rings (SSSR count). The minimum Gasteiger partial charge on any atom is -0.314 e. The van der Waals surface area contributed by atoms with Crippen molar-refractivity contribution in [3.05, 3.63) is 0 Å². The number of hydrogen-bond donors (Lipinski definition) is 1. The standard InChI is InChI=1S/C11H23N/c1-8(2)5-10(4)12-7-11-6-9(11)3/h8-12H,5-7H2,1-4H3. The Hall–Kier alpha value is -0.0400. The van der Waals surface area contributed by atoms with Crippen LogP contribution in [0.5, 0.6) is 0 Å². The summed E-state index contributed by atoms with van der Waals surface area (Å²) in [6, 6.07) is 0.706. The van der Waals surface area contributed by atoms with E-state index in [-0.39, 0.29) is 0 Å². The van der Waals surface area contributed by atoms with Crippen LogP contribution in [0.3, 0.4) is 0 Å². The summed E-state index contributed by atoms with van der Waals surface area (Å²) in [7, 11) is 0. The lowest BCUT2D eigenvalue weighted by Crippen LogP contribution is -2.29. The van der Waals surface area contributed by atoms with Crippen LogP contribution in [0.25, 0.3) is 0 Å². The molecule has 0 aromatic rings. The second-order valence-electron chi connectivity index (χ2n) is 4.91. The number of hydrogen-bond acceptors (Lipinski definition) is 1. The predicted molar refractivity (Wildman–Crippen MR) is 54.2 cm³/mol. The topological polar surface area (TPSA) is 12.0 Å². The van der Waals surface area contributed by atoms with Gasteiger partial charge in [-0.3, -0.25) is 0 Å². The zero-order chi connectivity index (χ0) is 9.14. The van der Waals surface area contributed by atoms with Crippen molar-refractivity contribution >= 4 is 0 Å². The summed E-state index contributed by atoms with van der Waals surface area (Å²) in [5, 5.41) is 3.61. The van der Waals surface area contributed by atoms with E-state index in [2.05, 4.69) is 33.0 Å². The van der Waals surface area contributed by atoms with Gasteiger partial charge in [-0.1, -0.05) is 20.8 Å². The first-order valence-electron chi connectivity index (χ1n) is 5.33. The molecule has 1 nitrogen and oxygen atoms in total. The first-order chi connectivity index (χ1) is 5.59. The molecular weight excluding hydrogens is 146 g/mol. The fourth-order valence-corrected chi connectivity index (χ4v) is 1.83. The Kier molecular flexibility index (Phi) is 3.57. The summed E-state index contributed by atoms with van der Waals surface area (Å²) >= 11 is 0. The molecular formula is C11H23N. The fourth-order valence-electron chi connectivity index (χ4n) is 1.83. The summed E-state index contributed by atoms with van der Waals surface area (Å²) in [6.07, 6.45) is 2.75. The largest absolute Gasteiger partial charge is 0.314 e. The minimum absolute atomic E-state index is 0.706. The third-order valence-corrected chi connectivity index (χ3v) is 2.83. The molecule has 0 amide bonds. The molecule has 1 aliphatic rings. The highest BCUT2D eigenvalue weighted by Gasteiger charge is 2.31. The van der Waals surface area contributed by atoms with Gasteiger partial charge < -0.3 is 5.32 Å². The zero-order valence-corrected chi connectivity index (χ0v) is 8.93. The van der Waals surface area contributed by atoms with Crippen molar-refractivity contribution in [3.63, 3.8) is 0 Å². The van der Waals surface area contributed by atoms with E-state index in [0.717, 1.165) is 17.8 Å². The van der Waals surface area contributed by atoms with Gasteiger partial charge in [-0.05, 0) is 44.1 Å². The molecule has 0 radical (unpaired) electrons. The van der Waals surface area contributed by atoms with Gasteiger partial charge in [-0.2, -0.15) is 0 Å². The molecule has 1 heteroatoms. The molecule has 3 atom stereocenters. The molecule has 0 aliphatic heterocycles. The van der Waals surface area contributed by atoms with Crippen LogP contribution in [-0.4, -0.2) is 12.6 Å². The van der Waals surface area contributed by atoms with E-state index in [0.29, 0.717) is 6.04 Å². The van der Waals surface area contributed by atoms with Gasteiger partial charge in [-0.15, -0.1) is 0 Å². The highest BCUT2D eigenvalue weighted by molar-refractivity contribution is 4.84. The van der Waals surface area contributed by atoms with Crippen molar-refractivity contribution < 1.29 is 0 Å². The van der Waals surface area contributed by atoms with Gasteiger partial charge in [-0.25, -0.2) is 0 Å². The maximum absolute atomic E-state index is 3.61. The predicted octanol–water partition coefficient (Wildman–Crippen LogP) is 2.67. The van der Waals surface area contributed by atoms with E-state index in [1.807, 2.05) is 0 Å². The molecule has 72 valence electrons. The summed E-state index contributed by atoms with van der Waals surface area (Å²) in [6.45, 7) is 10.5. The summed E-state index contributed by atoms with van der Waals surface area (Å²) < 4.78 is 0. The third kappa shape index (κ3) is 3.57. The van der Waals surface area contributed by atoms with Gasteiger partial charge >= 0.3 is 0 Å². The summed E-state index contributed by atoms with van der Waals surface area (Å²) in [4.78, 5) is 0. The lowest BCUT2D eigenvalue weighted by Gasteiger charge is -2.15. The Morgan fingerprint density at radius 2 is 1.92 bits per heavy atom. The van der Waals surface area contributed by atoms with Crippen LogP contribution in [0.1, 0.15) is 40.5 Å². The van der Waals surface area contributed by atoms with Crippen LogP contribution < -0.4 is 5.32 Å². The molecule has 1 saturated carbocycles. The van der Waals surface area contributed by atoms with Crippen LogP contribution in [0, 0.1) is 17.8 Å². The maximum atomic E-state index is 3.61. The Morgan fingerprint density at radius 1 is 1.33 bits per heavy atom. The molecule has 1 N–H and O–H groups in total. The average molecular weight is 169 g/mol. The Balaban J connectivity index is 1.98. The fraction of sp³-hybridized carbons (Fsp3) is 1.00. The molecule has 1 aliphatic carbocycles. The quantitative estimate of drug-likeness (QED) is 0.667. The van der Waals surface area contributed by atoms with E-state index in [1.54, 1.807) is 0 Å². The third-order valence-electron chi connectivity index (χ3n) is 2.83. The first kappa shape index (κ1) is 10.0. The molecule has 0 saturated heterocycles. The molecule has 0 spiro atoms. The van der Waals surface area contributed by atoms with Crippen LogP contribution in [0.2, 0.25) is 0 Å². The van der Waals surface area contributed by atoms with Gasteiger partial charge in [0.15, 0.2) is 0 Å². The Labute approximate surface area is 76.9 Å². The van der Waals surface area contributed by atoms with Gasteiger partial charge in [0.1, 0.15) is 0 Å². The Bertz CT molecular complexity index is 131. The maximum Gasteiger partial charge on any atom is 0.00412 e. The number of rotatable bonds is 5. The van der Waals surface area contributed by atoms with Crippen molar-refractivity contribution in [2.24, 2.45) is 17.8 Å². The molecule has 0 aromatic carbocycles. The normalized spacial score (nSPS) is 30.8. The van der Waals surface area contributed by atoms with Crippen LogP contribution >= 0.6 is 0 Å². The van der Waals surface area contributed by atoms with Gasteiger partial charge in [0.05, 0.1) is 0 Å². The van der Waals surface area contributed by atoms with Crippen molar-refractivity contribution in [1.29, 1.82) is 0 Å². The van der Waals surface area contributed by atoms with Gasteiger partial charge in [0.25, 0.3) is 0 Å². The second kappa shape index (κ2) is 4.27.